The molecule has 0 radical (unpaired) electrons. The predicted octanol–water partition coefficient (Wildman–Crippen LogP) is 2.33. The molecule has 3 nitrogen and oxygen atoms in total. The van der Waals surface area contributed by atoms with Crippen molar-refractivity contribution < 1.29 is 13.7 Å². The second kappa shape index (κ2) is 5.08. The maximum absolute atomic E-state index is 13.9. The fraction of sp³-hybridized carbons (Fsp3) is 0.625. The topological polar surface area (TPSA) is 21.7 Å². The van der Waals surface area contributed by atoms with E-state index < -0.39 is 18.3 Å². The zero-order valence-corrected chi connectivity index (χ0v) is 13.3. The lowest BCUT2D eigenvalue weighted by atomic mass is 9.78. The molecular weight excluding hydrogens is 268 g/mol. The summed E-state index contributed by atoms with van der Waals surface area (Å²) in [5.41, 5.74) is 0.951. The van der Waals surface area contributed by atoms with Gasteiger partial charge in [0.1, 0.15) is 5.82 Å². The van der Waals surface area contributed by atoms with Gasteiger partial charge in [0, 0.05) is 6.54 Å². The molecule has 0 aromatic heterocycles. The fourth-order valence-electron chi connectivity index (χ4n) is 2.68. The summed E-state index contributed by atoms with van der Waals surface area (Å²) in [6, 6.07) is 5.12. The minimum atomic E-state index is -0.499. The van der Waals surface area contributed by atoms with E-state index in [2.05, 4.69) is 4.90 Å². The largest absolute Gasteiger partial charge is 0.494 e. The molecule has 1 aromatic carbocycles. The molecular formula is C16H23BFNO2. The number of benzene rings is 1. The molecule has 2 heterocycles. The third kappa shape index (κ3) is 2.87. The minimum absolute atomic E-state index is 0.224. The Labute approximate surface area is 126 Å². The Morgan fingerprint density at radius 1 is 1.10 bits per heavy atom. The highest BCUT2D eigenvalue weighted by molar-refractivity contribution is 6.62. The smallest absolute Gasteiger partial charge is 0.399 e. The Bertz CT molecular complexity index is 527. The van der Waals surface area contributed by atoms with Crippen LogP contribution < -0.4 is 5.46 Å². The van der Waals surface area contributed by atoms with Gasteiger partial charge in [0.2, 0.25) is 0 Å². The van der Waals surface area contributed by atoms with Gasteiger partial charge in [-0.15, -0.1) is 0 Å². The molecule has 5 heteroatoms. The van der Waals surface area contributed by atoms with E-state index >= 15 is 0 Å². The van der Waals surface area contributed by atoms with Crippen molar-refractivity contribution in [1.29, 1.82) is 0 Å². The molecule has 0 amide bonds. The van der Waals surface area contributed by atoms with Crippen LogP contribution in [0.1, 0.15) is 39.7 Å². The van der Waals surface area contributed by atoms with Gasteiger partial charge in [-0.3, -0.25) is 4.90 Å². The molecule has 0 unspecified atom stereocenters. The van der Waals surface area contributed by atoms with Gasteiger partial charge in [0.15, 0.2) is 0 Å². The second-order valence-corrected chi connectivity index (χ2v) is 7.11. The van der Waals surface area contributed by atoms with Crippen molar-refractivity contribution >= 4 is 12.6 Å². The molecule has 2 saturated heterocycles. The Morgan fingerprint density at radius 2 is 1.71 bits per heavy atom. The van der Waals surface area contributed by atoms with Crippen molar-refractivity contribution in [3.8, 4) is 0 Å². The lowest BCUT2D eigenvalue weighted by Crippen LogP contribution is -2.41. The molecule has 2 fully saturated rings. The van der Waals surface area contributed by atoms with Crippen molar-refractivity contribution in [2.45, 2.75) is 51.9 Å². The van der Waals surface area contributed by atoms with E-state index in [1.54, 1.807) is 6.07 Å². The van der Waals surface area contributed by atoms with Crippen LogP contribution in [0, 0.1) is 5.82 Å². The molecule has 0 bridgehead atoms. The molecule has 0 N–H and O–H groups in total. The molecule has 21 heavy (non-hydrogen) atoms. The maximum atomic E-state index is 13.9. The van der Waals surface area contributed by atoms with Crippen molar-refractivity contribution in [2.75, 3.05) is 13.1 Å². The monoisotopic (exact) mass is 291 g/mol. The van der Waals surface area contributed by atoms with E-state index in [1.165, 1.54) is 12.5 Å². The Balaban J connectivity index is 1.82. The van der Waals surface area contributed by atoms with Crippen LogP contribution in [0.3, 0.4) is 0 Å². The lowest BCUT2D eigenvalue weighted by molar-refractivity contribution is 0.00578. The minimum Gasteiger partial charge on any atom is -0.399 e. The molecule has 0 aliphatic carbocycles. The standard InChI is InChI=1S/C16H23BFNO2/c1-15(2)16(3,4)21-17(20-15)13-8-12(9-14(18)10-13)11-19-6-5-7-19/h8-10H,5-7,11H2,1-4H3. The summed E-state index contributed by atoms with van der Waals surface area (Å²) in [6.07, 6.45) is 1.24. The van der Waals surface area contributed by atoms with Gasteiger partial charge in [-0.05, 0) is 70.4 Å². The van der Waals surface area contributed by atoms with Gasteiger partial charge in [-0.2, -0.15) is 0 Å². The number of rotatable bonds is 3. The average molecular weight is 291 g/mol. The number of hydrogen-bond donors (Lipinski definition) is 0. The number of halogens is 1. The SMILES string of the molecule is CC1(C)OB(c2cc(F)cc(CN3CCC3)c2)OC1(C)C. The normalized spacial score (nSPS) is 24.1. The molecule has 0 saturated carbocycles. The molecule has 0 spiro atoms. The first-order chi connectivity index (χ1) is 9.77. The highest BCUT2D eigenvalue weighted by atomic mass is 19.1. The van der Waals surface area contributed by atoms with E-state index in [0.29, 0.717) is 0 Å². The lowest BCUT2D eigenvalue weighted by Gasteiger charge is -2.32. The summed E-state index contributed by atoms with van der Waals surface area (Å²) >= 11 is 0. The number of nitrogens with zero attached hydrogens (tertiary/aromatic N) is 1. The van der Waals surface area contributed by atoms with Crippen LogP contribution in [0.2, 0.25) is 0 Å². The molecule has 2 aliphatic heterocycles. The highest BCUT2D eigenvalue weighted by Gasteiger charge is 2.51. The predicted molar refractivity (Wildman–Crippen MR) is 82.0 cm³/mol. The third-order valence-electron chi connectivity index (χ3n) is 4.86. The van der Waals surface area contributed by atoms with Crippen LogP contribution in [-0.2, 0) is 15.9 Å². The van der Waals surface area contributed by atoms with Crippen LogP contribution in [0.25, 0.3) is 0 Å². The van der Waals surface area contributed by atoms with Gasteiger partial charge in [0.25, 0.3) is 0 Å². The number of likely N-dealkylation sites (tertiary alicyclic amines) is 1. The van der Waals surface area contributed by atoms with Gasteiger partial charge in [0.05, 0.1) is 11.2 Å². The zero-order valence-electron chi connectivity index (χ0n) is 13.3. The first kappa shape index (κ1) is 15.0. The summed E-state index contributed by atoms with van der Waals surface area (Å²) in [6.45, 7) is 11.0. The summed E-state index contributed by atoms with van der Waals surface area (Å²) in [4.78, 5) is 2.31. The molecule has 3 rings (SSSR count). The Kier molecular flexibility index (Phi) is 3.63. The van der Waals surface area contributed by atoms with Crippen molar-refractivity contribution in [2.24, 2.45) is 0 Å². The Hall–Kier alpha value is -0.905. The van der Waals surface area contributed by atoms with Gasteiger partial charge in [-0.25, -0.2) is 4.39 Å². The quantitative estimate of drug-likeness (QED) is 0.798. The van der Waals surface area contributed by atoms with E-state index in [-0.39, 0.29) is 5.82 Å². The number of hydrogen-bond acceptors (Lipinski definition) is 3. The molecule has 1 aromatic rings. The second-order valence-electron chi connectivity index (χ2n) is 7.11. The molecule has 0 atom stereocenters. The van der Waals surface area contributed by atoms with E-state index in [4.69, 9.17) is 9.31 Å². The molecule has 2 aliphatic rings. The van der Waals surface area contributed by atoms with E-state index in [0.717, 1.165) is 30.7 Å². The van der Waals surface area contributed by atoms with Gasteiger partial charge < -0.3 is 9.31 Å². The van der Waals surface area contributed by atoms with E-state index in [9.17, 15) is 4.39 Å². The first-order valence-electron chi connectivity index (χ1n) is 7.64. The van der Waals surface area contributed by atoms with Gasteiger partial charge in [-0.1, -0.05) is 6.07 Å². The van der Waals surface area contributed by atoms with Crippen LogP contribution in [0.5, 0.6) is 0 Å². The molecule has 114 valence electrons. The van der Waals surface area contributed by atoms with Crippen LogP contribution in [0.4, 0.5) is 4.39 Å². The summed E-state index contributed by atoms with van der Waals surface area (Å²) in [7, 11) is -0.499. The first-order valence-corrected chi connectivity index (χ1v) is 7.64. The van der Waals surface area contributed by atoms with Crippen LogP contribution in [-0.4, -0.2) is 36.3 Å². The van der Waals surface area contributed by atoms with Crippen LogP contribution in [0.15, 0.2) is 18.2 Å². The van der Waals surface area contributed by atoms with Crippen molar-refractivity contribution in [1.82, 2.24) is 4.90 Å². The van der Waals surface area contributed by atoms with Crippen molar-refractivity contribution in [3.63, 3.8) is 0 Å². The summed E-state index contributed by atoms with van der Waals surface area (Å²) in [5.74, 6) is -0.224. The summed E-state index contributed by atoms with van der Waals surface area (Å²) < 4.78 is 25.9. The Morgan fingerprint density at radius 3 is 2.24 bits per heavy atom. The third-order valence-corrected chi connectivity index (χ3v) is 4.86. The van der Waals surface area contributed by atoms with Crippen LogP contribution >= 0.6 is 0 Å². The maximum Gasteiger partial charge on any atom is 0.494 e. The van der Waals surface area contributed by atoms with Crippen molar-refractivity contribution in [3.05, 3.63) is 29.6 Å². The fourth-order valence-corrected chi connectivity index (χ4v) is 2.68. The van der Waals surface area contributed by atoms with Gasteiger partial charge >= 0.3 is 7.12 Å². The highest BCUT2D eigenvalue weighted by Crippen LogP contribution is 2.36. The summed E-state index contributed by atoms with van der Waals surface area (Å²) in [5, 5.41) is 0. The average Bonchev–Trinajstić information content (AvgIpc) is 2.53. The zero-order chi connectivity index (χ0) is 15.3. The van der Waals surface area contributed by atoms with E-state index in [1.807, 2.05) is 33.8 Å².